The predicted molar refractivity (Wildman–Crippen MR) is 143 cm³/mol. The first-order chi connectivity index (χ1) is 18.7. The molecule has 1 aliphatic heterocycles. The average Bonchev–Trinajstić information content (AvgIpc) is 3.42. The third-order valence-electron chi connectivity index (χ3n) is 5.69. The molecule has 1 aliphatic rings. The number of benzene rings is 2. The van der Waals surface area contributed by atoms with Crippen molar-refractivity contribution < 1.29 is 22.7 Å². The lowest BCUT2D eigenvalue weighted by molar-refractivity contribution is -0.137. The minimum Gasteiger partial charge on any atom is -0.405 e. The Morgan fingerprint density at radius 2 is 1.79 bits per heavy atom. The first-order valence-electron chi connectivity index (χ1n) is 11.4. The van der Waals surface area contributed by atoms with Gasteiger partial charge in [-0.1, -0.05) is 48.5 Å². The van der Waals surface area contributed by atoms with E-state index < -0.39 is 35.7 Å². The highest BCUT2D eigenvalue weighted by atomic mass is 32.1. The number of aliphatic imine (C=N–C) groups is 2. The summed E-state index contributed by atoms with van der Waals surface area (Å²) in [6.07, 6.45) is -5.38. The van der Waals surface area contributed by atoms with Crippen LogP contribution in [-0.2, 0) is 15.7 Å². The summed E-state index contributed by atoms with van der Waals surface area (Å²) in [6, 6.07) is 18.2. The molecule has 2 aromatic carbocycles. The normalized spacial score (nSPS) is 15.6. The summed E-state index contributed by atoms with van der Waals surface area (Å²) in [4.78, 5) is 25.4. The Labute approximate surface area is 224 Å². The van der Waals surface area contributed by atoms with Crippen molar-refractivity contribution in [2.75, 3.05) is 5.32 Å². The number of halogens is 3. The highest BCUT2D eigenvalue weighted by molar-refractivity contribution is 7.08. The fourth-order valence-electron chi connectivity index (χ4n) is 3.90. The lowest BCUT2D eigenvalue weighted by Gasteiger charge is -2.13. The standard InChI is InChI=1S/C27H19F3N6O2S/c28-27(29,30)17-12-19(16-10-11-39-14-16)22(33-13-17)23(31)38-26(32)36-24-25(37)34-20-9-5-4-8-18(20)21(35-24)15-6-2-1-3-7-15/h1-14,24,31H,(H2,32,36)(H,34,37). The van der Waals surface area contributed by atoms with Crippen LogP contribution in [0.5, 0.6) is 0 Å². The van der Waals surface area contributed by atoms with Gasteiger partial charge in [0.25, 0.3) is 11.9 Å². The third-order valence-corrected chi connectivity index (χ3v) is 6.37. The number of amidine groups is 1. The Bertz CT molecular complexity index is 1600. The molecular weight excluding hydrogens is 529 g/mol. The van der Waals surface area contributed by atoms with Crippen LogP contribution in [0.3, 0.4) is 0 Å². The Morgan fingerprint density at radius 3 is 2.51 bits per heavy atom. The van der Waals surface area contributed by atoms with E-state index in [9.17, 15) is 18.0 Å². The number of hydrogen-bond donors (Lipinski definition) is 3. The molecule has 5 rings (SSSR count). The second kappa shape index (κ2) is 10.5. The summed E-state index contributed by atoms with van der Waals surface area (Å²) >= 11 is 1.27. The lowest BCUT2D eigenvalue weighted by atomic mass is 10.0. The molecule has 0 radical (unpaired) electrons. The summed E-state index contributed by atoms with van der Waals surface area (Å²) in [5.74, 6) is -1.23. The van der Waals surface area contributed by atoms with Crippen LogP contribution in [0.2, 0.25) is 0 Å². The fraction of sp³-hybridized carbons (Fsp3) is 0.0741. The van der Waals surface area contributed by atoms with Gasteiger partial charge in [0.2, 0.25) is 12.1 Å². The number of carbonyl (C=O) groups excluding carboxylic acids is 1. The zero-order chi connectivity index (χ0) is 27.6. The molecule has 0 bridgehead atoms. The number of pyridine rings is 1. The van der Waals surface area contributed by atoms with E-state index in [1.54, 1.807) is 29.0 Å². The van der Waals surface area contributed by atoms with E-state index >= 15 is 0 Å². The van der Waals surface area contributed by atoms with E-state index in [0.717, 1.165) is 11.6 Å². The van der Waals surface area contributed by atoms with Crippen LogP contribution < -0.4 is 11.1 Å². The Morgan fingerprint density at radius 1 is 1.05 bits per heavy atom. The molecule has 8 nitrogen and oxygen atoms in total. The number of anilines is 1. The topological polar surface area (TPSA) is 126 Å². The maximum absolute atomic E-state index is 13.3. The molecule has 2 aromatic heterocycles. The second-order valence-electron chi connectivity index (χ2n) is 8.28. The Kier molecular flexibility index (Phi) is 6.94. The number of benzodiazepines with no additional fused rings is 1. The smallest absolute Gasteiger partial charge is 0.405 e. The Hall–Kier alpha value is -4.84. The summed E-state index contributed by atoms with van der Waals surface area (Å²) in [6.45, 7) is 0. The van der Waals surface area contributed by atoms with Crippen molar-refractivity contribution in [1.82, 2.24) is 4.98 Å². The number of para-hydroxylation sites is 1. The van der Waals surface area contributed by atoms with Gasteiger partial charge >= 0.3 is 6.18 Å². The molecule has 0 saturated carbocycles. The van der Waals surface area contributed by atoms with Gasteiger partial charge in [0, 0.05) is 22.9 Å². The molecule has 1 unspecified atom stereocenters. The zero-order valence-corrected chi connectivity index (χ0v) is 20.8. The molecule has 12 heteroatoms. The van der Waals surface area contributed by atoms with Gasteiger partial charge < -0.3 is 15.8 Å². The van der Waals surface area contributed by atoms with Gasteiger partial charge in [0.05, 0.1) is 17.0 Å². The molecule has 4 N–H and O–H groups in total. The number of nitrogens with two attached hydrogens (primary N) is 1. The van der Waals surface area contributed by atoms with Gasteiger partial charge in [-0.3, -0.25) is 10.2 Å². The molecule has 196 valence electrons. The third kappa shape index (κ3) is 5.55. The van der Waals surface area contributed by atoms with Gasteiger partial charge in [0.1, 0.15) is 5.69 Å². The van der Waals surface area contributed by atoms with E-state index in [0.29, 0.717) is 28.7 Å². The van der Waals surface area contributed by atoms with Gasteiger partial charge in [0.15, 0.2) is 0 Å². The number of aromatic nitrogens is 1. The zero-order valence-electron chi connectivity index (χ0n) is 19.9. The van der Waals surface area contributed by atoms with Gasteiger partial charge in [-0.05, 0) is 34.5 Å². The molecule has 39 heavy (non-hydrogen) atoms. The number of alkyl halides is 3. The molecular formula is C27H19F3N6O2S. The van der Waals surface area contributed by atoms with Crippen LogP contribution in [0.25, 0.3) is 11.1 Å². The summed E-state index contributed by atoms with van der Waals surface area (Å²) < 4.78 is 45.3. The van der Waals surface area contributed by atoms with Crippen molar-refractivity contribution in [1.29, 1.82) is 5.41 Å². The Balaban J connectivity index is 1.47. The van der Waals surface area contributed by atoms with Crippen LogP contribution in [0.4, 0.5) is 18.9 Å². The van der Waals surface area contributed by atoms with E-state index in [1.807, 2.05) is 42.5 Å². The van der Waals surface area contributed by atoms with Crippen LogP contribution in [-0.4, -0.2) is 34.7 Å². The quantitative estimate of drug-likeness (QED) is 0.236. The minimum atomic E-state index is -4.63. The van der Waals surface area contributed by atoms with Gasteiger partial charge in [-0.2, -0.15) is 29.5 Å². The van der Waals surface area contributed by atoms with Crippen molar-refractivity contribution in [2.24, 2.45) is 15.7 Å². The first kappa shape index (κ1) is 25.8. The number of ether oxygens (including phenoxy) is 1. The number of carbonyl (C=O) groups is 1. The number of nitrogens with zero attached hydrogens (tertiary/aromatic N) is 3. The molecule has 0 fully saturated rings. The molecule has 1 atom stereocenters. The first-order valence-corrected chi connectivity index (χ1v) is 12.4. The van der Waals surface area contributed by atoms with Crippen molar-refractivity contribution in [3.63, 3.8) is 0 Å². The monoisotopic (exact) mass is 548 g/mol. The van der Waals surface area contributed by atoms with Gasteiger partial charge in [-0.25, -0.2) is 9.98 Å². The highest BCUT2D eigenvalue weighted by Gasteiger charge is 2.33. The average molecular weight is 549 g/mol. The molecule has 3 heterocycles. The van der Waals surface area contributed by atoms with E-state index in [1.165, 1.54) is 11.3 Å². The second-order valence-corrected chi connectivity index (χ2v) is 9.06. The summed E-state index contributed by atoms with van der Waals surface area (Å²) in [7, 11) is 0. The van der Waals surface area contributed by atoms with Crippen LogP contribution >= 0.6 is 11.3 Å². The van der Waals surface area contributed by atoms with Crippen LogP contribution in [0, 0.1) is 5.41 Å². The fourth-order valence-corrected chi connectivity index (χ4v) is 4.55. The number of rotatable bonds is 4. The maximum Gasteiger partial charge on any atom is 0.417 e. The van der Waals surface area contributed by atoms with Crippen molar-refractivity contribution in [3.05, 3.63) is 106 Å². The van der Waals surface area contributed by atoms with Crippen molar-refractivity contribution in [2.45, 2.75) is 12.3 Å². The van der Waals surface area contributed by atoms with E-state index in [-0.39, 0.29) is 11.3 Å². The number of fused-ring (bicyclic) bond motifs is 1. The van der Waals surface area contributed by atoms with Crippen molar-refractivity contribution >= 4 is 40.6 Å². The molecule has 0 aliphatic carbocycles. The number of amides is 1. The number of thiophene rings is 1. The molecule has 0 saturated heterocycles. The van der Waals surface area contributed by atoms with Crippen LogP contribution in [0.15, 0.2) is 93.7 Å². The van der Waals surface area contributed by atoms with E-state index in [2.05, 4.69) is 20.3 Å². The van der Waals surface area contributed by atoms with Crippen LogP contribution in [0.1, 0.15) is 22.4 Å². The molecule has 1 amide bonds. The van der Waals surface area contributed by atoms with Gasteiger partial charge in [-0.15, -0.1) is 0 Å². The summed E-state index contributed by atoms with van der Waals surface area (Å²) in [5.41, 5.74) is 7.70. The maximum atomic E-state index is 13.3. The molecule has 4 aromatic rings. The van der Waals surface area contributed by atoms with E-state index in [4.69, 9.17) is 15.9 Å². The predicted octanol–water partition coefficient (Wildman–Crippen LogP) is 5.30. The molecule has 0 spiro atoms. The minimum absolute atomic E-state index is 0.0379. The number of hydrogen-bond acceptors (Lipinski definition) is 7. The van der Waals surface area contributed by atoms with Crippen molar-refractivity contribution in [3.8, 4) is 11.1 Å². The highest BCUT2D eigenvalue weighted by Crippen LogP contribution is 2.34. The summed E-state index contributed by atoms with van der Waals surface area (Å²) in [5, 5.41) is 14.4. The largest absolute Gasteiger partial charge is 0.417 e. The SMILES string of the molecule is N=C(O/C(N)=N/C1N=C(c2ccccc2)c2ccccc2NC1=O)c1ncc(C(F)(F)F)cc1-c1ccsc1. The lowest BCUT2D eigenvalue weighted by Crippen LogP contribution is -2.29. The number of nitrogens with one attached hydrogen (secondary N) is 2.